The third-order valence-electron chi connectivity index (χ3n) is 2.90. The van der Waals surface area contributed by atoms with Crippen LogP contribution in [0.5, 0.6) is 0 Å². The van der Waals surface area contributed by atoms with Gasteiger partial charge in [0.1, 0.15) is 0 Å². The van der Waals surface area contributed by atoms with Crippen molar-refractivity contribution >= 4 is 22.9 Å². The van der Waals surface area contributed by atoms with Gasteiger partial charge < -0.3 is 9.15 Å². The molecule has 0 spiro atoms. The van der Waals surface area contributed by atoms with E-state index < -0.39 is 11.7 Å². The normalized spacial score (nSPS) is 10.6. The molecule has 100 valence electrons. The van der Waals surface area contributed by atoms with E-state index in [4.69, 9.17) is 4.42 Å². The van der Waals surface area contributed by atoms with Crippen molar-refractivity contribution in [3.8, 4) is 0 Å². The number of hydrogen-bond acceptors (Lipinski definition) is 5. The number of esters is 1. The minimum Gasteiger partial charge on any atom is -0.469 e. The molecule has 0 aliphatic rings. The van der Waals surface area contributed by atoms with Crippen LogP contribution < -0.4 is 5.76 Å². The van der Waals surface area contributed by atoms with Crippen LogP contribution in [0.1, 0.15) is 23.2 Å². The molecule has 0 atom stereocenters. The van der Waals surface area contributed by atoms with Crippen molar-refractivity contribution < 1.29 is 18.7 Å². The number of ether oxygens (including phenoxy) is 1. The molecule has 1 aromatic heterocycles. The lowest BCUT2D eigenvalue weighted by atomic mass is 10.1. The van der Waals surface area contributed by atoms with Gasteiger partial charge in [-0.25, -0.2) is 4.79 Å². The summed E-state index contributed by atoms with van der Waals surface area (Å²) in [5.41, 5.74) is 1.39. The van der Waals surface area contributed by atoms with Gasteiger partial charge in [-0.15, -0.1) is 0 Å². The molecule has 0 saturated carbocycles. The van der Waals surface area contributed by atoms with Crippen molar-refractivity contribution in [2.75, 3.05) is 7.11 Å². The average molecular weight is 263 g/mol. The number of rotatable bonds is 4. The maximum Gasteiger partial charge on any atom is 0.419 e. The zero-order valence-electron chi connectivity index (χ0n) is 10.6. The first kappa shape index (κ1) is 13.1. The monoisotopic (exact) mass is 263 g/mol. The summed E-state index contributed by atoms with van der Waals surface area (Å²) in [6.07, 6.45) is 0.0986. The Hall–Kier alpha value is -2.37. The fraction of sp³-hybridized carbons (Fsp3) is 0.308. The van der Waals surface area contributed by atoms with Crippen molar-refractivity contribution in [1.29, 1.82) is 0 Å². The molecule has 1 heterocycles. The van der Waals surface area contributed by atoms with Crippen LogP contribution in [0, 0.1) is 0 Å². The number of fused-ring (bicyclic) bond motifs is 1. The van der Waals surface area contributed by atoms with Crippen LogP contribution in [0.2, 0.25) is 0 Å². The predicted octanol–water partition coefficient (Wildman–Crippen LogP) is 1.27. The number of ketones is 1. The van der Waals surface area contributed by atoms with E-state index in [2.05, 4.69) is 4.74 Å². The molecule has 0 saturated heterocycles. The minimum absolute atomic E-state index is 0.0338. The van der Waals surface area contributed by atoms with E-state index in [9.17, 15) is 14.4 Å². The van der Waals surface area contributed by atoms with E-state index in [-0.39, 0.29) is 18.6 Å². The summed E-state index contributed by atoms with van der Waals surface area (Å²) in [4.78, 5) is 34.2. The van der Waals surface area contributed by atoms with Gasteiger partial charge in [-0.3, -0.25) is 14.2 Å². The van der Waals surface area contributed by atoms with Crippen LogP contribution in [0.25, 0.3) is 11.1 Å². The van der Waals surface area contributed by atoms with Crippen molar-refractivity contribution in [3.63, 3.8) is 0 Å². The van der Waals surface area contributed by atoms with Gasteiger partial charge in [-0.05, 0) is 18.2 Å². The summed E-state index contributed by atoms with van der Waals surface area (Å²) in [5, 5.41) is 0. The van der Waals surface area contributed by atoms with Crippen molar-refractivity contribution in [1.82, 2.24) is 4.57 Å². The molecule has 6 heteroatoms. The second-order valence-electron chi connectivity index (χ2n) is 4.11. The topological polar surface area (TPSA) is 78.5 Å². The Morgan fingerprint density at radius 1 is 1.32 bits per heavy atom. The van der Waals surface area contributed by atoms with E-state index in [1.165, 1.54) is 17.7 Å². The lowest BCUT2D eigenvalue weighted by Gasteiger charge is -2.00. The highest BCUT2D eigenvalue weighted by Crippen LogP contribution is 2.16. The Kier molecular flexibility index (Phi) is 3.50. The van der Waals surface area contributed by atoms with E-state index in [0.29, 0.717) is 16.7 Å². The molecule has 0 N–H and O–H groups in total. The standard InChI is InChI=1S/C13H13NO5/c1-14-9-4-3-8(7-11(9)19-13(14)17)10(15)5-6-12(16)18-2/h3-4,7H,5-6H2,1-2H3. The summed E-state index contributed by atoms with van der Waals surface area (Å²) in [7, 11) is 2.87. The van der Waals surface area contributed by atoms with Crippen LogP contribution in [0.3, 0.4) is 0 Å². The molecular formula is C13H13NO5. The molecule has 0 bridgehead atoms. The zero-order valence-corrected chi connectivity index (χ0v) is 10.6. The summed E-state index contributed by atoms with van der Waals surface area (Å²) < 4.78 is 10.8. The number of methoxy groups -OCH3 is 1. The van der Waals surface area contributed by atoms with Crippen molar-refractivity contribution in [2.45, 2.75) is 12.8 Å². The Bertz CT molecular complexity index is 695. The summed E-state index contributed by atoms with van der Waals surface area (Å²) >= 11 is 0. The summed E-state index contributed by atoms with van der Waals surface area (Å²) in [6.45, 7) is 0. The first-order chi connectivity index (χ1) is 9.02. The van der Waals surface area contributed by atoms with Crippen LogP contribution in [-0.4, -0.2) is 23.4 Å². The molecular weight excluding hydrogens is 250 g/mol. The Balaban J connectivity index is 2.23. The fourth-order valence-corrected chi connectivity index (χ4v) is 1.77. The van der Waals surface area contributed by atoms with E-state index in [0.717, 1.165) is 0 Å². The Morgan fingerprint density at radius 2 is 2.05 bits per heavy atom. The molecule has 1 aromatic carbocycles. The molecule has 0 fully saturated rings. The lowest BCUT2D eigenvalue weighted by molar-refractivity contribution is -0.140. The van der Waals surface area contributed by atoms with Crippen molar-refractivity contribution in [3.05, 3.63) is 34.3 Å². The number of oxazole rings is 1. The van der Waals surface area contributed by atoms with Gasteiger partial charge in [0.2, 0.25) is 0 Å². The second kappa shape index (κ2) is 5.09. The number of aromatic nitrogens is 1. The van der Waals surface area contributed by atoms with Gasteiger partial charge in [-0.1, -0.05) is 0 Å². The van der Waals surface area contributed by atoms with E-state index in [1.807, 2.05) is 0 Å². The number of carbonyl (C=O) groups is 2. The molecule has 6 nitrogen and oxygen atoms in total. The minimum atomic E-state index is -0.478. The average Bonchev–Trinajstić information content (AvgIpc) is 2.70. The van der Waals surface area contributed by atoms with Crippen molar-refractivity contribution in [2.24, 2.45) is 7.05 Å². The number of hydrogen-bond donors (Lipinski definition) is 0. The summed E-state index contributed by atoms with van der Waals surface area (Å²) in [5.74, 6) is -1.10. The first-order valence-electron chi connectivity index (χ1n) is 5.72. The van der Waals surface area contributed by atoms with Crippen LogP contribution in [-0.2, 0) is 16.6 Å². The third-order valence-corrected chi connectivity index (χ3v) is 2.90. The van der Waals surface area contributed by atoms with Gasteiger partial charge in [-0.2, -0.15) is 0 Å². The highest BCUT2D eigenvalue weighted by molar-refractivity contribution is 5.99. The van der Waals surface area contributed by atoms with Gasteiger partial charge in [0.25, 0.3) is 0 Å². The van der Waals surface area contributed by atoms with Gasteiger partial charge in [0.05, 0.1) is 19.0 Å². The fourth-order valence-electron chi connectivity index (χ4n) is 1.77. The number of Topliss-reactive ketones (excluding diaryl/α,β-unsaturated/α-hetero) is 1. The molecule has 0 amide bonds. The Morgan fingerprint density at radius 3 is 2.74 bits per heavy atom. The SMILES string of the molecule is COC(=O)CCC(=O)c1ccc2c(c1)oc(=O)n2C. The maximum atomic E-state index is 11.9. The van der Waals surface area contributed by atoms with Crippen LogP contribution >= 0.6 is 0 Å². The van der Waals surface area contributed by atoms with Gasteiger partial charge in [0.15, 0.2) is 11.4 Å². The highest BCUT2D eigenvalue weighted by atomic mass is 16.5. The molecule has 0 aliphatic carbocycles. The predicted molar refractivity (Wildman–Crippen MR) is 67.0 cm³/mol. The zero-order chi connectivity index (χ0) is 14.0. The van der Waals surface area contributed by atoms with E-state index in [1.54, 1.807) is 19.2 Å². The molecule has 0 unspecified atom stereocenters. The Labute approximate surface area is 108 Å². The van der Waals surface area contributed by atoms with Crippen LogP contribution in [0.4, 0.5) is 0 Å². The van der Waals surface area contributed by atoms with E-state index >= 15 is 0 Å². The molecule has 0 radical (unpaired) electrons. The second-order valence-corrected chi connectivity index (χ2v) is 4.11. The molecule has 2 rings (SSSR count). The number of benzene rings is 1. The molecule has 2 aromatic rings. The molecule has 19 heavy (non-hydrogen) atoms. The lowest BCUT2D eigenvalue weighted by Crippen LogP contribution is -2.08. The molecule has 0 aliphatic heterocycles. The van der Waals surface area contributed by atoms with Gasteiger partial charge in [0, 0.05) is 19.0 Å². The number of aryl methyl sites for hydroxylation is 1. The number of nitrogens with zero attached hydrogens (tertiary/aromatic N) is 1. The highest BCUT2D eigenvalue weighted by Gasteiger charge is 2.12. The quantitative estimate of drug-likeness (QED) is 0.613. The summed E-state index contributed by atoms with van der Waals surface area (Å²) in [6, 6.07) is 4.76. The maximum absolute atomic E-state index is 11.9. The first-order valence-corrected chi connectivity index (χ1v) is 5.72. The smallest absolute Gasteiger partial charge is 0.419 e. The largest absolute Gasteiger partial charge is 0.469 e. The number of carbonyl (C=O) groups excluding carboxylic acids is 2. The van der Waals surface area contributed by atoms with Gasteiger partial charge >= 0.3 is 11.7 Å². The van der Waals surface area contributed by atoms with Crippen LogP contribution in [0.15, 0.2) is 27.4 Å². The third kappa shape index (κ3) is 2.57.